The summed E-state index contributed by atoms with van der Waals surface area (Å²) < 4.78 is 29.1. The maximum atomic E-state index is 11.6. The zero-order valence-electron chi connectivity index (χ0n) is 13.5. The molecule has 0 unspecified atom stereocenters. The Bertz CT molecular complexity index is 971. The molecule has 6 heteroatoms. The summed E-state index contributed by atoms with van der Waals surface area (Å²) in [5, 5.41) is 0.342. The quantitative estimate of drug-likeness (QED) is 0.622. The van der Waals surface area contributed by atoms with Crippen LogP contribution in [0.1, 0.15) is 5.56 Å². The van der Waals surface area contributed by atoms with Gasteiger partial charge in [-0.05, 0) is 29.8 Å². The van der Waals surface area contributed by atoms with Gasteiger partial charge in [0, 0.05) is 11.8 Å². The lowest BCUT2D eigenvalue weighted by Crippen LogP contribution is -1.99. The van der Waals surface area contributed by atoms with Crippen molar-refractivity contribution in [3.8, 4) is 17.0 Å². The van der Waals surface area contributed by atoms with Crippen LogP contribution < -0.4 is 4.74 Å². The molecule has 0 aliphatic heterocycles. The van der Waals surface area contributed by atoms with E-state index in [1.54, 1.807) is 36.4 Å². The van der Waals surface area contributed by atoms with Crippen LogP contribution in [0.3, 0.4) is 0 Å². The third-order valence-corrected chi connectivity index (χ3v) is 4.96. The van der Waals surface area contributed by atoms with Crippen LogP contribution in [0.2, 0.25) is 5.15 Å². The van der Waals surface area contributed by atoms with E-state index in [0.29, 0.717) is 23.2 Å². The summed E-state index contributed by atoms with van der Waals surface area (Å²) in [7, 11) is -3.24. The van der Waals surface area contributed by atoms with Crippen LogP contribution in [-0.2, 0) is 16.4 Å². The second kappa shape index (κ2) is 7.25. The average molecular weight is 374 g/mol. The Balaban J connectivity index is 1.91. The van der Waals surface area contributed by atoms with Crippen LogP contribution in [0.15, 0.2) is 71.6 Å². The summed E-state index contributed by atoms with van der Waals surface area (Å²) in [6.45, 7) is 0.401. The number of rotatable bonds is 5. The predicted molar refractivity (Wildman–Crippen MR) is 98.6 cm³/mol. The van der Waals surface area contributed by atoms with Gasteiger partial charge in [0.15, 0.2) is 9.84 Å². The fraction of sp³-hybridized carbons (Fsp3) is 0.105. The Kier molecular flexibility index (Phi) is 5.06. The van der Waals surface area contributed by atoms with Crippen molar-refractivity contribution in [3.05, 3.63) is 77.4 Å². The standard InChI is InChI=1S/C19H16ClNO3S/c1-25(22,23)16-9-7-15(8-10-16)19-17(11-12-18(20)21-19)24-13-14-5-3-2-4-6-14/h2-12H,13H2,1H3. The van der Waals surface area contributed by atoms with Crippen molar-refractivity contribution >= 4 is 21.4 Å². The van der Waals surface area contributed by atoms with Gasteiger partial charge in [-0.2, -0.15) is 0 Å². The highest BCUT2D eigenvalue weighted by molar-refractivity contribution is 7.90. The van der Waals surface area contributed by atoms with Crippen molar-refractivity contribution in [1.82, 2.24) is 4.98 Å². The van der Waals surface area contributed by atoms with Gasteiger partial charge in [-0.1, -0.05) is 54.1 Å². The van der Waals surface area contributed by atoms with E-state index in [1.165, 1.54) is 6.26 Å². The number of nitrogens with zero attached hydrogens (tertiary/aromatic N) is 1. The van der Waals surface area contributed by atoms with Crippen molar-refractivity contribution in [3.63, 3.8) is 0 Å². The van der Waals surface area contributed by atoms with Crippen molar-refractivity contribution in [2.45, 2.75) is 11.5 Å². The lowest BCUT2D eigenvalue weighted by atomic mass is 10.1. The van der Waals surface area contributed by atoms with Gasteiger partial charge < -0.3 is 4.74 Å². The maximum absolute atomic E-state index is 11.6. The Morgan fingerprint density at radius 2 is 1.64 bits per heavy atom. The van der Waals surface area contributed by atoms with Gasteiger partial charge >= 0.3 is 0 Å². The van der Waals surface area contributed by atoms with E-state index in [4.69, 9.17) is 16.3 Å². The van der Waals surface area contributed by atoms with E-state index in [1.807, 2.05) is 30.3 Å². The third-order valence-electron chi connectivity index (χ3n) is 3.62. The number of benzene rings is 2. The molecule has 0 N–H and O–H groups in total. The molecule has 4 nitrogen and oxygen atoms in total. The minimum atomic E-state index is -3.24. The molecule has 3 aromatic rings. The van der Waals surface area contributed by atoms with Crippen LogP contribution in [-0.4, -0.2) is 19.7 Å². The van der Waals surface area contributed by atoms with Gasteiger partial charge in [0.2, 0.25) is 0 Å². The molecule has 0 atom stereocenters. The molecular weight excluding hydrogens is 358 g/mol. The Hall–Kier alpha value is -2.37. The number of halogens is 1. The van der Waals surface area contributed by atoms with Gasteiger partial charge in [-0.15, -0.1) is 0 Å². The molecule has 1 heterocycles. The van der Waals surface area contributed by atoms with Crippen LogP contribution in [0.4, 0.5) is 0 Å². The van der Waals surface area contributed by atoms with Crippen LogP contribution in [0.25, 0.3) is 11.3 Å². The van der Waals surface area contributed by atoms with Gasteiger partial charge in [-0.25, -0.2) is 13.4 Å². The molecule has 25 heavy (non-hydrogen) atoms. The smallest absolute Gasteiger partial charge is 0.175 e. The van der Waals surface area contributed by atoms with Crippen molar-refractivity contribution in [2.24, 2.45) is 0 Å². The number of aromatic nitrogens is 1. The predicted octanol–water partition coefficient (Wildman–Crippen LogP) is 4.38. The monoisotopic (exact) mass is 373 g/mol. The minimum Gasteiger partial charge on any atom is -0.487 e. The topological polar surface area (TPSA) is 56.3 Å². The highest BCUT2D eigenvalue weighted by Gasteiger charge is 2.12. The molecular formula is C19H16ClNO3S. The van der Waals surface area contributed by atoms with Crippen molar-refractivity contribution in [1.29, 1.82) is 0 Å². The first kappa shape index (κ1) is 17.5. The van der Waals surface area contributed by atoms with Crippen molar-refractivity contribution < 1.29 is 13.2 Å². The number of hydrogen-bond donors (Lipinski definition) is 0. The SMILES string of the molecule is CS(=O)(=O)c1ccc(-c2nc(Cl)ccc2OCc2ccccc2)cc1. The molecule has 0 saturated carbocycles. The molecule has 0 amide bonds. The van der Waals surface area contributed by atoms with E-state index in [0.717, 1.165) is 11.1 Å². The summed E-state index contributed by atoms with van der Waals surface area (Å²) in [6, 6.07) is 19.7. The normalized spacial score (nSPS) is 11.3. The largest absolute Gasteiger partial charge is 0.487 e. The number of hydrogen-bond acceptors (Lipinski definition) is 4. The second-order valence-electron chi connectivity index (χ2n) is 5.55. The highest BCUT2D eigenvalue weighted by Crippen LogP contribution is 2.31. The molecule has 2 aromatic carbocycles. The maximum Gasteiger partial charge on any atom is 0.175 e. The molecule has 0 radical (unpaired) electrons. The molecule has 0 aliphatic rings. The van der Waals surface area contributed by atoms with E-state index in [2.05, 4.69) is 4.98 Å². The lowest BCUT2D eigenvalue weighted by molar-refractivity contribution is 0.306. The minimum absolute atomic E-state index is 0.255. The number of ether oxygens (including phenoxy) is 1. The van der Waals surface area contributed by atoms with Crippen molar-refractivity contribution in [2.75, 3.05) is 6.26 Å². The Labute approximate surface area is 152 Å². The van der Waals surface area contributed by atoms with Crippen LogP contribution in [0.5, 0.6) is 5.75 Å². The lowest BCUT2D eigenvalue weighted by Gasteiger charge is -2.12. The second-order valence-corrected chi connectivity index (χ2v) is 7.95. The zero-order chi connectivity index (χ0) is 17.9. The first-order valence-electron chi connectivity index (χ1n) is 7.57. The fourth-order valence-corrected chi connectivity index (χ4v) is 3.12. The number of pyridine rings is 1. The van der Waals surface area contributed by atoms with Gasteiger partial charge in [0.05, 0.1) is 4.90 Å². The van der Waals surface area contributed by atoms with Gasteiger partial charge in [0.25, 0.3) is 0 Å². The molecule has 0 fully saturated rings. The summed E-state index contributed by atoms with van der Waals surface area (Å²) >= 11 is 6.03. The fourth-order valence-electron chi connectivity index (χ4n) is 2.34. The summed E-state index contributed by atoms with van der Waals surface area (Å²) in [4.78, 5) is 4.59. The zero-order valence-corrected chi connectivity index (χ0v) is 15.1. The summed E-state index contributed by atoms with van der Waals surface area (Å²) in [5.41, 5.74) is 2.34. The third kappa shape index (κ3) is 4.38. The molecule has 128 valence electrons. The first-order valence-corrected chi connectivity index (χ1v) is 9.84. The Morgan fingerprint density at radius 1 is 0.960 bits per heavy atom. The van der Waals surface area contributed by atoms with E-state index in [9.17, 15) is 8.42 Å². The highest BCUT2D eigenvalue weighted by atomic mass is 35.5. The molecule has 0 saturated heterocycles. The van der Waals surface area contributed by atoms with Gasteiger partial charge in [-0.3, -0.25) is 0 Å². The molecule has 0 spiro atoms. The Morgan fingerprint density at radius 3 is 2.28 bits per heavy atom. The molecule has 0 aliphatic carbocycles. The number of sulfone groups is 1. The average Bonchev–Trinajstić information content (AvgIpc) is 2.61. The van der Waals surface area contributed by atoms with E-state index >= 15 is 0 Å². The summed E-state index contributed by atoms with van der Waals surface area (Å²) in [6.07, 6.45) is 1.17. The summed E-state index contributed by atoms with van der Waals surface area (Å²) in [5.74, 6) is 0.584. The van der Waals surface area contributed by atoms with Crippen LogP contribution in [0, 0.1) is 0 Å². The molecule has 1 aromatic heterocycles. The van der Waals surface area contributed by atoms with Crippen LogP contribution >= 0.6 is 11.6 Å². The van der Waals surface area contributed by atoms with Gasteiger partial charge in [0.1, 0.15) is 23.2 Å². The van der Waals surface area contributed by atoms with E-state index in [-0.39, 0.29) is 4.90 Å². The first-order chi connectivity index (χ1) is 11.9. The molecule has 3 rings (SSSR count). The van der Waals surface area contributed by atoms with E-state index < -0.39 is 9.84 Å². The molecule has 0 bridgehead atoms.